The van der Waals surface area contributed by atoms with E-state index >= 15 is 0 Å². The molecule has 0 spiro atoms. The van der Waals surface area contributed by atoms with Gasteiger partial charge in [-0.25, -0.2) is 0 Å². The third kappa shape index (κ3) is 3.49. The van der Waals surface area contributed by atoms with E-state index in [1.807, 2.05) is 24.3 Å². The van der Waals surface area contributed by atoms with E-state index in [1.54, 1.807) is 19.5 Å². The van der Waals surface area contributed by atoms with Crippen LogP contribution in [0, 0.1) is 0 Å². The molecule has 1 aromatic heterocycles. The van der Waals surface area contributed by atoms with E-state index in [2.05, 4.69) is 9.97 Å². The maximum atomic E-state index is 10.3. The van der Waals surface area contributed by atoms with Crippen LogP contribution < -0.4 is 4.74 Å². The molecule has 19 heavy (non-hydrogen) atoms. The maximum absolute atomic E-state index is 10.3. The van der Waals surface area contributed by atoms with Crippen LogP contribution in [-0.4, -0.2) is 35.4 Å². The van der Waals surface area contributed by atoms with Gasteiger partial charge in [-0.05, 0) is 6.07 Å². The van der Waals surface area contributed by atoms with Crippen LogP contribution in [0.5, 0.6) is 5.75 Å². The molecule has 1 unspecified atom stereocenters. The highest BCUT2D eigenvalue weighted by atomic mass is 16.5. The molecule has 0 saturated heterocycles. The van der Waals surface area contributed by atoms with Gasteiger partial charge < -0.3 is 14.6 Å². The van der Waals surface area contributed by atoms with Crippen LogP contribution in [0.1, 0.15) is 17.4 Å². The summed E-state index contributed by atoms with van der Waals surface area (Å²) in [5.41, 5.74) is 1.16. The second-order valence-electron chi connectivity index (χ2n) is 3.91. The van der Waals surface area contributed by atoms with E-state index in [9.17, 15) is 5.11 Å². The minimum atomic E-state index is -0.854. The van der Waals surface area contributed by atoms with Gasteiger partial charge in [0.1, 0.15) is 18.5 Å². The van der Waals surface area contributed by atoms with Crippen LogP contribution >= 0.6 is 0 Å². The van der Waals surface area contributed by atoms with Crippen molar-refractivity contribution < 1.29 is 14.6 Å². The van der Waals surface area contributed by atoms with E-state index in [4.69, 9.17) is 9.47 Å². The van der Waals surface area contributed by atoms with Crippen molar-refractivity contribution in [3.05, 3.63) is 54.1 Å². The first-order chi connectivity index (χ1) is 9.33. The molecule has 2 aromatic rings. The van der Waals surface area contributed by atoms with Crippen molar-refractivity contribution in [2.24, 2.45) is 0 Å². The summed E-state index contributed by atoms with van der Waals surface area (Å²) in [6.45, 7) is 0.927. The highest BCUT2D eigenvalue weighted by molar-refractivity contribution is 5.38. The van der Waals surface area contributed by atoms with Gasteiger partial charge in [-0.1, -0.05) is 18.2 Å². The molecule has 0 aliphatic rings. The predicted molar refractivity (Wildman–Crippen MR) is 69.9 cm³/mol. The standard InChI is InChI=1S/C14H16N2O3/c1-18-8-9-19-13-5-3-2-4-11(13)14(17)12-10-15-6-7-16-12/h2-7,10,14,17H,8-9H2,1H3. The first-order valence-electron chi connectivity index (χ1n) is 5.97. The second kappa shape index (κ2) is 6.82. The second-order valence-corrected chi connectivity index (χ2v) is 3.91. The number of nitrogens with zero attached hydrogens (tertiary/aromatic N) is 2. The first kappa shape index (κ1) is 13.5. The number of rotatable bonds is 6. The summed E-state index contributed by atoms with van der Waals surface area (Å²) in [7, 11) is 1.61. The van der Waals surface area contributed by atoms with Crippen LogP contribution in [0.3, 0.4) is 0 Å². The molecule has 0 aliphatic carbocycles. The number of hydrogen-bond acceptors (Lipinski definition) is 5. The van der Waals surface area contributed by atoms with Crippen LogP contribution in [0.4, 0.5) is 0 Å². The quantitative estimate of drug-likeness (QED) is 0.799. The van der Waals surface area contributed by atoms with Crippen LogP contribution in [0.15, 0.2) is 42.9 Å². The molecular weight excluding hydrogens is 244 g/mol. The largest absolute Gasteiger partial charge is 0.491 e. The molecular formula is C14H16N2O3. The lowest BCUT2D eigenvalue weighted by atomic mass is 10.1. The Morgan fingerprint density at radius 2 is 2.05 bits per heavy atom. The van der Waals surface area contributed by atoms with E-state index in [0.717, 1.165) is 0 Å². The topological polar surface area (TPSA) is 64.5 Å². The molecule has 0 saturated carbocycles. The van der Waals surface area contributed by atoms with Gasteiger partial charge in [-0.2, -0.15) is 0 Å². The van der Waals surface area contributed by atoms with Gasteiger partial charge in [-0.15, -0.1) is 0 Å². The minimum Gasteiger partial charge on any atom is -0.491 e. The molecule has 5 heteroatoms. The smallest absolute Gasteiger partial charge is 0.126 e. The summed E-state index contributed by atoms with van der Waals surface area (Å²) >= 11 is 0. The summed E-state index contributed by atoms with van der Waals surface area (Å²) in [4.78, 5) is 8.05. The lowest BCUT2D eigenvalue weighted by molar-refractivity contribution is 0.142. The van der Waals surface area contributed by atoms with Gasteiger partial charge in [-0.3, -0.25) is 9.97 Å². The molecule has 1 N–H and O–H groups in total. The fourth-order valence-corrected chi connectivity index (χ4v) is 1.68. The number of aliphatic hydroxyl groups is 1. The number of methoxy groups -OCH3 is 1. The number of ether oxygens (including phenoxy) is 2. The summed E-state index contributed by atoms with van der Waals surface area (Å²) in [5.74, 6) is 0.623. The Labute approximate surface area is 111 Å². The van der Waals surface area contributed by atoms with Crippen molar-refractivity contribution in [1.29, 1.82) is 0 Å². The molecule has 100 valence electrons. The monoisotopic (exact) mass is 260 g/mol. The fourth-order valence-electron chi connectivity index (χ4n) is 1.68. The van der Waals surface area contributed by atoms with Gasteiger partial charge in [0.2, 0.25) is 0 Å². The third-order valence-electron chi connectivity index (χ3n) is 2.62. The number of hydrogen-bond donors (Lipinski definition) is 1. The van der Waals surface area contributed by atoms with Crippen molar-refractivity contribution in [3.8, 4) is 5.75 Å². The van der Waals surface area contributed by atoms with Crippen LogP contribution in [0.25, 0.3) is 0 Å². The number of aliphatic hydroxyl groups excluding tert-OH is 1. The lowest BCUT2D eigenvalue weighted by Gasteiger charge is -2.15. The molecule has 2 rings (SSSR count). The molecule has 0 amide bonds. The van der Waals surface area contributed by atoms with Gasteiger partial charge >= 0.3 is 0 Å². The van der Waals surface area contributed by atoms with Gasteiger partial charge in [0, 0.05) is 25.1 Å². The van der Waals surface area contributed by atoms with Crippen LogP contribution in [-0.2, 0) is 4.74 Å². The summed E-state index contributed by atoms with van der Waals surface area (Å²) in [6.07, 6.45) is 3.80. The zero-order valence-electron chi connectivity index (χ0n) is 10.7. The fraction of sp³-hybridized carbons (Fsp3) is 0.286. The Morgan fingerprint density at radius 1 is 1.21 bits per heavy atom. The van der Waals surface area contributed by atoms with Crippen molar-refractivity contribution >= 4 is 0 Å². The number of aromatic nitrogens is 2. The highest BCUT2D eigenvalue weighted by Gasteiger charge is 2.16. The Kier molecular flexibility index (Phi) is 4.83. The zero-order valence-corrected chi connectivity index (χ0v) is 10.7. The Bertz CT molecular complexity index is 505. The van der Waals surface area contributed by atoms with Gasteiger partial charge in [0.25, 0.3) is 0 Å². The minimum absolute atomic E-state index is 0.431. The van der Waals surface area contributed by atoms with Gasteiger partial charge in [0.15, 0.2) is 0 Å². The Hall–Kier alpha value is -1.98. The van der Waals surface area contributed by atoms with Crippen molar-refractivity contribution in [1.82, 2.24) is 9.97 Å². The number of para-hydroxylation sites is 1. The molecule has 5 nitrogen and oxygen atoms in total. The van der Waals surface area contributed by atoms with E-state index < -0.39 is 6.10 Å². The first-order valence-corrected chi connectivity index (χ1v) is 5.97. The van der Waals surface area contributed by atoms with Crippen molar-refractivity contribution in [3.63, 3.8) is 0 Å². The molecule has 0 radical (unpaired) electrons. The van der Waals surface area contributed by atoms with Gasteiger partial charge in [0.05, 0.1) is 18.5 Å². The van der Waals surface area contributed by atoms with E-state index in [1.165, 1.54) is 6.20 Å². The lowest BCUT2D eigenvalue weighted by Crippen LogP contribution is -2.09. The number of benzene rings is 1. The molecule has 1 aromatic carbocycles. The molecule has 0 bridgehead atoms. The van der Waals surface area contributed by atoms with Crippen molar-refractivity contribution in [2.45, 2.75) is 6.10 Å². The summed E-state index contributed by atoms with van der Waals surface area (Å²) < 4.78 is 10.5. The summed E-state index contributed by atoms with van der Waals surface area (Å²) in [5, 5.41) is 10.3. The summed E-state index contributed by atoms with van der Waals surface area (Å²) in [6, 6.07) is 7.32. The molecule has 1 atom stereocenters. The maximum Gasteiger partial charge on any atom is 0.126 e. The van der Waals surface area contributed by atoms with E-state index in [-0.39, 0.29) is 0 Å². The highest BCUT2D eigenvalue weighted by Crippen LogP contribution is 2.28. The normalized spacial score (nSPS) is 12.1. The molecule has 0 fully saturated rings. The zero-order chi connectivity index (χ0) is 13.5. The Morgan fingerprint density at radius 3 is 2.79 bits per heavy atom. The van der Waals surface area contributed by atoms with E-state index in [0.29, 0.717) is 30.2 Å². The van der Waals surface area contributed by atoms with Crippen LogP contribution in [0.2, 0.25) is 0 Å². The third-order valence-corrected chi connectivity index (χ3v) is 2.62. The average molecular weight is 260 g/mol. The SMILES string of the molecule is COCCOc1ccccc1C(O)c1cnccn1. The Balaban J connectivity index is 2.19. The average Bonchev–Trinajstić information content (AvgIpc) is 2.48. The molecule has 0 aliphatic heterocycles. The predicted octanol–water partition coefficient (Wildman–Crippen LogP) is 1.58. The molecule has 1 heterocycles. The van der Waals surface area contributed by atoms with Crippen molar-refractivity contribution in [2.75, 3.05) is 20.3 Å².